The Kier molecular flexibility index (Phi) is 2.21. The third-order valence-corrected chi connectivity index (χ3v) is 5.20. The van der Waals surface area contributed by atoms with Crippen molar-refractivity contribution in [2.24, 2.45) is 0 Å². The van der Waals surface area contributed by atoms with Gasteiger partial charge in [-0.2, -0.15) is 0 Å². The molecule has 0 aliphatic carbocycles. The molecule has 1 heterocycles. The van der Waals surface area contributed by atoms with E-state index in [1.54, 1.807) is 7.11 Å². The molecule has 0 aliphatic rings. The number of nitrogens with zero attached hydrogens (tertiary/aromatic N) is 1. The molecule has 0 spiro atoms. The Labute approximate surface area is 82.3 Å². The third-order valence-electron chi connectivity index (χ3n) is 2.11. The molecule has 2 rings (SSSR count). The first-order valence-electron chi connectivity index (χ1n) is 4.21. The van der Waals surface area contributed by atoms with Crippen LogP contribution in [0.2, 0.25) is 0 Å². The Hall–Kier alpha value is -0.320. The Morgan fingerprint density at radius 1 is 1.33 bits per heavy atom. The van der Waals surface area contributed by atoms with Gasteiger partial charge in [-0.05, 0) is 0 Å². The van der Waals surface area contributed by atoms with E-state index in [9.17, 15) is 0 Å². The van der Waals surface area contributed by atoms with Gasteiger partial charge in [0.05, 0.1) is 0 Å². The van der Waals surface area contributed by atoms with Gasteiger partial charge < -0.3 is 0 Å². The molecule has 0 N–H and O–H groups in total. The van der Waals surface area contributed by atoms with Crippen LogP contribution in [0.4, 0.5) is 0 Å². The number of aromatic nitrogens is 1. The van der Waals surface area contributed by atoms with E-state index < -0.39 is 0 Å². The van der Waals surface area contributed by atoms with E-state index in [0.717, 1.165) is 6.54 Å². The number of fused-ring (bicyclic) bond motifs is 1. The number of hydrogen-bond donors (Lipinski definition) is 0. The molecular weight excluding hydrogens is 262 g/mol. The molecule has 2 heteroatoms. The van der Waals surface area contributed by atoms with Crippen molar-refractivity contribution in [2.75, 3.05) is 0 Å². The van der Waals surface area contributed by atoms with E-state index in [-0.39, 0.29) is 20.4 Å². The van der Waals surface area contributed by atoms with Crippen LogP contribution < -0.4 is 4.57 Å². The third kappa shape index (κ3) is 1.20. The summed E-state index contributed by atoms with van der Waals surface area (Å²) in [4.78, 5) is 0. The van der Waals surface area contributed by atoms with Crippen molar-refractivity contribution in [2.45, 2.75) is 20.4 Å². The minimum absolute atomic E-state index is 0.0212. The van der Waals surface area contributed by atoms with E-state index in [4.69, 9.17) is 0 Å². The van der Waals surface area contributed by atoms with E-state index in [1.165, 1.54) is 5.52 Å². The molecule has 0 radical (unpaired) electrons. The topological polar surface area (TPSA) is 3.88 Å². The fraction of sp³-hybridized carbons (Fsp3) is 0.300. The fourth-order valence-electron chi connectivity index (χ4n) is 1.54. The molecule has 1 nitrogen and oxygen atoms in total. The van der Waals surface area contributed by atoms with Crippen LogP contribution in [0.25, 0.3) is 8.92 Å². The van der Waals surface area contributed by atoms with Crippen LogP contribution in [0, 0.1) is 6.92 Å². The Morgan fingerprint density at radius 2 is 2.08 bits per heavy atom. The molecule has 62 valence electrons. The second kappa shape index (κ2) is 3.20. The van der Waals surface area contributed by atoms with Gasteiger partial charge in [0.15, 0.2) is 0 Å². The van der Waals surface area contributed by atoms with E-state index in [0.29, 0.717) is 0 Å². The maximum absolute atomic E-state index is 2.44. The van der Waals surface area contributed by atoms with Crippen molar-refractivity contribution >= 4 is 29.3 Å². The molecule has 2 aromatic rings. The normalized spacial score (nSPS) is 10.8. The van der Waals surface area contributed by atoms with Crippen LogP contribution in [-0.4, -0.2) is 20.4 Å². The van der Waals surface area contributed by atoms with Crippen LogP contribution in [0.3, 0.4) is 0 Å². The van der Waals surface area contributed by atoms with Gasteiger partial charge in [0.25, 0.3) is 0 Å². The molecule has 12 heavy (non-hydrogen) atoms. The summed E-state index contributed by atoms with van der Waals surface area (Å²) in [6.45, 7) is 5.61. The van der Waals surface area contributed by atoms with Crippen molar-refractivity contribution in [3.8, 4) is 0 Å². The Balaban J connectivity index is 2.81. The molecule has 0 bridgehead atoms. The van der Waals surface area contributed by atoms with Crippen molar-refractivity contribution < 1.29 is 4.57 Å². The van der Waals surface area contributed by atoms with Crippen molar-refractivity contribution in [3.63, 3.8) is 0 Å². The summed E-state index contributed by atoms with van der Waals surface area (Å²) in [5.41, 5.74) is 1.46. The summed E-state index contributed by atoms with van der Waals surface area (Å²) in [7, 11) is 0. The first kappa shape index (κ1) is 8.29. The van der Waals surface area contributed by atoms with Crippen molar-refractivity contribution in [3.05, 3.63) is 28.0 Å². The van der Waals surface area contributed by atoms with Gasteiger partial charge in [-0.25, -0.2) is 0 Å². The van der Waals surface area contributed by atoms with Gasteiger partial charge in [0.2, 0.25) is 0 Å². The fourth-order valence-corrected chi connectivity index (χ4v) is 4.64. The minimum atomic E-state index is -0.0212. The first-order valence-corrected chi connectivity index (χ1v) is 6.54. The second-order valence-corrected chi connectivity index (χ2v) is 6.36. The number of aryl methyl sites for hydroxylation is 2. The molecule has 0 fully saturated rings. The SMILES string of the molecule is CC[n+]1c(C)[te]c2ccccc21. The van der Waals surface area contributed by atoms with Crippen LogP contribution >= 0.6 is 0 Å². The number of rotatable bonds is 1. The molecule has 0 amide bonds. The summed E-state index contributed by atoms with van der Waals surface area (Å²) < 4.78 is 5.64. The summed E-state index contributed by atoms with van der Waals surface area (Å²) in [6, 6.07) is 8.79. The van der Waals surface area contributed by atoms with Gasteiger partial charge >= 0.3 is 82.3 Å². The van der Waals surface area contributed by atoms with Gasteiger partial charge in [0, 0.05) is 0 Å². The molecular formula is C10H12NTe+. The van der Waals surface area contributed by atoms with Gasteiger partial charge in [0.1, 0.15) is 0 Å². The van der Waals surface area contributed by atoms with Crippen LogP contribution in [0.15, 0.2) is 24.3 Å². The van der Waals surface area contributed by atoms with Gasteiger partial charge in [-0.15, -0.1) is 0 Å². The van der Waals surface area contributed by atoms with Crippen LogP contribution in [0.5, 0.6) is 0 Å². The first-order chi connectivity index (χ1) is 5.83. The quantitative estimate of drug-likeness (QED) is 0.548. The van der Waals surface area contributed by atoms with E-state index in [2.05, 4.69) is 42.7 Å². The van der Waals surface area contributed by atoms with Crippen molar-refractivity contribution in [1.82, 2.24) is 0 Å². The predicted octanol–water partition coefficient (Wildman–Crippen LogP) is 1.51. The molecule has 1 aromatic heterocycles. The second-order valence-electron chi connectivity index (χ2n) is 2.83. The zero-order valence-corrected chi connectivity index (χ0v) is 9.70. The van der Waals surface area contributed by atoms with Crippen LogP contribution in [0.1, 0.15) is 10.6 Å². The average Bonchev–Trinajstić information content (AvgIpc) is 2.40. The van der Waals surface area contributed by atoms with E-state index in [1.807, 2.05) is 0 Å². The average molecular weight is 274 g/mol. The Bertz CT molecular complexity index is 403. The summed E-state index contributed by atoms with van der Waals surface area (Å²) >= 11 is -0.0212. The van der Waals surface area contributed by atoms with Crippen LogP contribution in [-0.2, 0) is 6.54 Å². The zero-order valence-electron chi connectivity index (χ0n) is 7.37. The van der Waals surface area contributed by atoms with Gasteiger partial charge in [-0.1, -0.05) is 0 Å². The molecule has 0 unspecified atom stereocenters. The summed E-state index contributed by atoms with van der Waals surface area (Å²) in [5, 5.41) is 0. The predicted molar refractivity (Wildman–Crippen MR) is 51.5 cm³/mol. The molecule has 0 aliphatic heterocycles. The molecule has 0 saturated carbocycles. The molecule has 0 saturated heterocycles. The van der Waals surface area contributed by atoms with Gasteiger partial charge in [-0.3, -0.25) is 0 Å². The van der Waals surface area contributed by atoms with E-state index >= 15 is 0 Å². The molecule has 0 atom stereocenters. The zero-order chi connectivity index (χ0) is 8.55. The standard InChI is InChI=1S/C10H12NTe/c1-3-11-8(2)12-10-7-5-4-6-9(10)11/h4-7H,3H2,1-2H3/q+1. The number of para-hydroxylation sites is 1. The number of hydrogen-bond acceptors (Lipinski definition) is 0. The Morgan fingerprint density at radius 3 is 2.83 bits per heavy atom. The summed E-state index contributed by atoms with van der Waals surface area (Å²) in [5.74, 6) is 0. The van der Waals surface area contributed by atoms with Crippen molar-refractivity contribution in [1.29, 1.82) is 0 Å². The maximum atomic E-state index is 2.44. The summed E-state index contributed by atoms with van der Waals surface area (Å²) in [6.07, 6.45) is 0. The monoisotopic (exact) mass is 276 g/mol. The number of benzene rings is 1. The molecule has 1 aromatic carbocycles.